The van der Waals surface area contributed by atoms with E-state index < -0.39 is 0 Å². The van der Waals surface area contributed by atoms with E-state index in [4.69, 9.17) is 0 Å². The van der Waals surface area contributed by atoms with E-state index in [0.29, 0.717) is 22.0 Å². The van der Waals surface area contributed by atoms with Gasteiger partial charge in [0.25, 0.3) is 5.91 Å². The fourth-order valence-corrected chi connectivity index (χ4v) is 4.13. The second-order valence-corrected chi connectivity index (χ2v) is 6.65. The normalized spacial score (nSPS) is 26.2. The average Bonchev–Trinajstić information content (AvgIpc) is 2.49. The number of carbonyl (C=O) groups excluding carboxylic acids is 1. The zero-order valence-corrected chi connectivity index (χ0v) is 13.0. The molecule has 4 heteroatoms. The lowest BCUT2D eigenvalue weighted by Crippen LogP contribution is -2.49. The van der Waals surface area contributed by atoms with Gasteiger partial charge in [-0.25, -0.2) is 4.39 Å². The topological polar surface area (TPSA) is 20.3 Å². The molecule has 0 spiro atoms. The van der Waals surface area contributed by atoms with Crippen molar-refractivity contribution in [2.24, 2.45) is 5.92 Å². The number of piperidine rings is 1. The summed E-state index contributed by atoms with van der Waals surface area (Å²) in [6.07, 6.45) is 7.13. The molecule has 0 N–H and O–H groups in total. The van der Waals surface area contributed by atoms with Crippen molar-refractivity contribution < 1.29 is 9.18 Å². The van der Waals surface area contributed by atoms with Crippen molar-refractivity contribution in [2.75, 3.05) is 6.54 Å². The molecule has 0 aromatic heterocycles. The monoisotopic (exact) mass is 339 g/mol. The number of fused-ring (bicyclic) bond motifs is 1. The molecule has 1 aromatic rings. The van der Waals surface area contributed by atoms with Crippen molar-refractivity contribution in [1.29, 1.82) is 0 Å². The van der Waals surface area contributed by atoms with Crippen molar-refractivity contribution in [3.05, 3.63) is 34.1 Å². The van der Waals surface area contributed by atoms with Gasteiger partial charge in [0.1, 0.15) is 5.82 Å². The van der Waals surface area contributed by atoms with E-state index >= 15 is 0 Å². The molecule has 1 amide bonds. The number of hydrogen-bond acceptors (Lipinski definition) is 1. The number of rotatable bonds is 1. The Labute approximate surface area is 127 Å². The summed E-state index contributed by atoms with van der Waals surface area (Å²) >= 11 is 3.21. The first kappa shape index (κ1) is 14.1. The first-order valence-electron chi connectivity index (χ1n) is 7.43. The Kier molecular flexibility index (Phi) is 4.11. The third-order valence-corrected chi connectivity index (χ3v) is 5.49. The Morgan fingerprint density at radius 2 is 1.95 bits per heavy atom. The van der Waals surface area contributed by atoms with Crippen LogP contribution in [0.5, 0.6) is 0 Å². The summed E-state index contributed by atoms with van der Waals surface area (Å²) in [7, 11) is 0. The SMILES string of the molecule is O=C(c1cccc(F)c1Br)N1CCCC2CCCCC21. The molecule has 2 fully saturated rings. The van der Waals surface area contributed by atoms with E-state index in [-0.39, 0.29) is 11.7 Å². The highest BCUT2D eigenvalue weighted by atomic mass is 79.9. The number of hydrogen-bond donors (Lipinski definition) is 0. The summed E-state index contributed by atoms with van der Waals surface area (Å²) in [5.41, 5.74) is 0.455. The van der Waals surface area contributed by atoms with Gasteiger partial charge in [-0.1, -0.05) is 18.9 Å². The minimum Gasteiger partial charge on any atom is -0.335 e. The second-order valence-electron chi connectivity index (χ2n) is 5.85. The summed E-state index contributed by atoms with van der Waals surface area (Å²) in [5, 5.41) is 0. The Morgan fingerprint density at radius 1 is 1.20 bits per heavy atom. The molecule has 20 heavy (non-hydrogen) atoms. The average molecular weight is 340 g/mol. The molecule has 1 saturated heterocycles. The van der Waals surface area contributed by atoms with Gasteiger partial charge in [-0.05, 0) is 59.7 Å². The Hall–Kier alpha value is -0.900. The molecule has 0 radical (unpaired) electrons. The van der Waals surface area contributed by atoms with Gasteiger partial charge in [-0.15, -0.1) is 0 Å². The second kappa shape index (κ2) is 5.84. The van der Waals surface area contributed by atoms with Crippen LogP contribution in [0.4, 0.5) is 4.39 Å². The minimum absolute atomic E-state index is 0.0204. The summed E-state index contributed by atoms with van der Waals surface area (Å²) in [6, 6.07) is 5.05. The standard InChI is InChI=1S/C16H19BrFNO/c17-15-12(7-3-8-13(15)18)16(20)19-10-4-6-11-5-1-2-9-14(11)19/h3,7-8,11,14H,1-2,4-6,9-10H2. The van der Waals surface area contributed by atoms with Crippen LogP contribution in [0.25, 0.3) is 0 Å². The van der Waals surface area contributed by atoms with Crippen LogP contribution in [-0.4, -0.2) is 23.4 Å². The molecule has 1 heterocycles. The van der Waals surface area contributed by atoms with Crippen LogP contribution >= 0.6 is 15.9 Å². The van der Waals surface area contributed by atoms with E-state index in [2.05, 4.69) is 15.9 Å². The van der Waals surface area contributed by atoms with Crippen molar-refractivity contribution >= 4 is 21.8 Å². The summed E-state index contributed by atoms with van der Waals surface area (Å²) in [6.45, 7) is 0.808. The lowest BCUT2D eigenvalue weighted by molar-refractivity contribution is 0.0389. The van der Waals surface area contributed by atoms with Crippen LogP contribution in [0.1, 0.15) is 48.9 Å². The number of likely N-dealkylation sites (tertiary alicyclic amines) is 1. The number of nitrogens with zero attached hydrogens (tertiary/aromatic N) is 1. The van der Waals surface area contributed by atoms with Crippen molar-refractivity contribution in [2.45, 2.75) is 44.6 Å². The highest BCUT2D eigenvalue weighted by molar-refractivity contribution is 9.10. The van der Waals surface area contributed by atoms with Crippen LogP contribution in [0, 0.1) is 11.7 Å². The third kappa shape index (κ3) is 2.50. The molecule has 1 aliphatic heterocycles. The third-order valence-electron chi connectivity index (χ3n) is 4.69. The maximum atomic E-state index is 13.6. The van der Waals surface area contributed by atoms with Gasteiger partial charge < -0.3 is 4.90 Å². The molecule has 2 nitrogen and oxygen atoms in total. The van der Waals surface area contributed by atoms with Crippen molar-refractivity contribution in [1.82, 2.24) is 4.90 Å². The lowest BCUT2D eigenvalue weighted by atomic mass is 9.78. The van der Waals surface area contributed by atoms with Crippen LogP contribution in [0.3, 0.4) is 0 Å². The van der Waals surface area contributed by atoms with Gasteiger partial charge in [0, 0.05) is 12.6 Å². The summed E-state index contributed by atoms with van der Waals surface area (Å²) < 4.78 is 13.9. The maximum Gasteiger partial charge on any atom is 0.255 e. The van der Waals surface area contributed by atoms with Crippen LogP contribution in [0.2, 0.25) is 0 Å². The molecule has 2 unspecified atom stereocenters. The minimum atomic E-state index is -0.368. The van der Waals surface area contributed by atoms with E-state index in [9.17, 15) is 9.18 Å². The highest BCUT2D eigenvalue weighted by Gasteiger charge is 2.36. The fraction of sp³-hybridized carbons (Fsp3) is 0.562. The van der Waals surface area contributed by atoms with Crippen LogP contribution in [0.15, 0.2) is 22.7 Å². The van der Waals surface area contributed by atoms with E-state index in [0.717, 1.165) is 19.4 Å². The van der Waals surface area contributed by atoms with Crippen molar-refractivity contribution in [3.8, 4) is 0 Å². The summed E-state index contributed by atoms with van der Waals surface area (Å²) in [5.74, 6) is 0.259. The first-order valence-corrected chi connectivity index (χ1v) is 8.23. The Morgan fingerprint density at radius 3 is 2.80 bits per heavy atom. The molecule has 1 saturated carbocycles. The van der Waals surface area contributed by atoms with Gasteiger partial charge in [0.15, 0.2) is 0 Å². The number of halogens is 2. The zero-order chi connectivity index (χ0) is 14.1. The molecule has 2 atom stereocenters. The molecule has 2 aliphatic rings. The van der Waals surface area contributed by atoms with Gasteiger partial charge in [-0.3, -0.25) is 4.79 Å². The molecule has 1 aromatic carbocycles. The van der Waals surface area contributed by atoms with Crippen LogP contribution < -0.4 is 0 Å². The van der Waals surface area contributed by atoms with E-state index in [1.165, 1.54) is 31.7 Å². The van der Waals surface area contributed by atoms with Gasteiger partial charge in [0.2, 0.25) is 0 Å². The molecule has 3 rings (SSSR count). The Bertz CT molecular complexity index is 517. The maximum absolute atomic E-state index is 13.6. The van der Waals surface area contributed by atoms with Gasteiger partial charge >= 0.3 is 0 Å². The lowest BCUT2D eigenvalue weighted by Gasteiger charge is -2.44. The van der Waals surface area contributed by atoms with Gasteiger partial charge in [-0.2, -0.15) is 0 Å². The Balaban J connectivity index is 1.87. The number of carbonyl (C=O) groups is 1. The molecule has 108 valence electrons. The number of benzene rings is 1. The van der Waals surface area contributed by atoms with Crippen molar-refractivity contribution in [3.63, 3.8) is 0 Å². The first-order chi connectivity index (χ1) is 9.68. The largest absolute Gasteiger partial charge is 0.335 e. The zero-order valence-electron chi connectivity index (χ0n) is 11.4. The quantitative estimate of drug-likeness (QED) is 0.743. The summed E-state index contributed by atoms with van der Waals surface area (Å²) in [4.78, 5) is 14.7. The predicted octanol–water partition coefficient (Wildman–Crippen LogP) is 4.38. The van der Waals surface area contributed by atoms with Crippen LogP contribution in [-0.2, 0) is 0 Å². The number of amides is 1. The van der Waals surface area contributed by atoms with E-state index in [1.54, 1.807) is 12.1 Å². The fourth-order valence-electron chi connectivity index (χ4n) is 3.70. The highest BCUT2D eigenvalue weighted by Crippen LogP contribution is 2.36. The molecular formula is C16H19BrFNO. The predicted molar refractivity (Wildman–Crippen MR) is 80.1 cm³/mol. The molecule has 0 bridgehead atoms. The van der Waals surface area contributed by atoms with E-state index in [1.807, 2.05) is 4.90 Å². The smallest absolute Gasteiger partial charge is 0.255 e. The van der Waals surface area contributed by atoms with Gasteiger partial charge in [0.05, 0.1) is 10.0 Å². The molecular weight excluding hydrogens is 321 g/mol. The molecule has 1 aliphatic carbocycles.